The molecule has 1 saturated heterocycles. The van der Waals surface area contributed by atoms with Crippen LogP contribution >= 0.6 is 0 Å². The first-order valence-corrected chi connectivity index (χ1v) is 16.0. The van der Waals surface area contributed by atoms with Crippen molar-refractivity contribution < 1.29 is 19.1 Å². The number of amides is 3. The normalized spacial score (nSPS) is 16.9. The van der Waals surface area contributed by atoms with Crippen LogP contribution in [0.5, 0.6) is 0 Å². The van der Waals surface area contributed by atoms with E-state index in [-0.39, 0.29) is 18.0 Å². The number of fused-ring (bicyclic) bond motifs is 1. The first kappa shape index (κ1) is 26.9. The van der Waals surface area contributed by atoms with Gasteiger partial charge in [-0.3, -0.25) is 5.32 Å². The van der Waals surface area contributed by atoms with Crippen molar-refractivity contribution in [1.82, 2.24) is 24.8 Å². The number of rotatable bonds is 8. The van der Waals surface area contributed by atoms with E-state index >= 15 is 0 Å². The Morgan fingerprint density at radius 1 is 1.26 bits per heavy atom. The Morgan fingerprint density at radius 3 is 2.74 bits per heavy atom. The summed E-state index contributed by atoms with van der Waals surface area (Å²) in [6.07, 6.45) is 4.96. The number of urea groups is 1. The SMILES string of the molecule is CC(C)(C)OC(=O)N1CCCC(CNC(=O)Nc2cnc3c(ccn3COCC[Si](C)(C)C)n2)C1. The van der Waals surface area contributed by atoms with Crippen LogP contribution < -0.4 is 10.6 Å². The fourth-order valence-electron chi connectivity index (χ4n) is 3.79. The third-order valence-corrected chi connectivity index (χ3v) is 7.36. The molecule has 1 fully saturated rings. The molecule has 3 amide bonds. The van der Waals surface area contributed by atoms with Gasteiger partial charge in [-0.2, -0.15) is 0 Å². The first-order chi connectivity index (χ1) is 16.4. The number of aromatic nitrogens is 3. The minimum absolute atomic E-state index is 0.172. The zero-order valence-corrected chi connectivity index (χ0v) is 22.9. The molecular formula is C24H40N6O4Si. The van der Waals surface area contributed by atoms with Crippen molar-refractivity contribution in [3.05, 3.63) is 18.5 Å². The van der Waals surface area contributed by atoms with Gasteiger partial charge >= 0.3 is 12.1 Å². The number of piperidine rings is 1. The maximum absolute atomic E-state index is 12.4. The predicted octanol–water partition coefficient (Wildman–Crippen LogP) is 4.51. The molecule has 194 valence electrons. The minimum atomic E-state index is -1.12. The summed E-state index contributed by atoms with van der Waals surface area (Å²) < 4.78 is 13.2. The summed E-state index contributed by atoms with van der Waals surface area (Å²) in [5.74, 6) is 0.553. The van der Waals surface area contributed by atoms with Crippen LogP contribution in [0.15, 0.2) is 18.5 Å². The van der Waals surface area contributed by atoms with E-state index in [1.54, 1.807) is 11.1 Å². The van der Waals surface area contributed by atoms with Crippen LogP contribution in [0.4, 0.5) is 15.4 Å². The van der Waals surface area contributed by atoms with Crippen LogP contribution in [-0.4, -0.2) is 71.5 Å². The van der Waals surface area contributed by atoms with Gasteiger partial charge in [0, 0.05) is 40.5 Å². The number of carbonyl (C=O) groups is 2. The number of hydrogen-bond donors (Lipinski definition) is 2. The summed E-state index contributed by atoms with van der Waals surface area (Å²) in [6.45, 7) is 15.4. The minimum Gasteiger partial charge on any atom is -0.444 e. The second kappa shape index (κ2) is 11.4. The lowest BCUT2D eigenvalue weighted by Gasteiger charge is -2.34. The molecule has 0 spiro atoms. The van der Waals surface area contributed by atoms with Gasteiger partial charge in [-0.25, -0.2) is 19.6 Å². The predicted molar refractivity (Wildman–Crippen MR) is 139 cm³/mol. The van der Waals surface area contributed by atoms with Crippen molar-refractivity contribution in [2.24, 2.45) is 5.92 Å². The average Bonchev–Trinajstić information content (AvgIpc) is 3.16. The molecule has 1 aliphatic rings. The summed E-state index contributed by atoms with van der Waals surface area (Å²) in [4.78, 5) is 35.5. The van der Waals surface area contributed by atoms with E-state index < -0.39 is 13.7 Å². The van der Waals surface area contributed by atoms with Crippen molar-refractivity contribution in [3.8, 4) is 0 Å². The van der Waals surface area contributed by atoms with E-state index in [0.29, 0.717) is 43.3 Å². The lowest BCUT2D eigenvalue weighted by Crippen LogP contribution is -2.46. The third-order valence-electron chi connectivity index (χ3n) is 5.65. The summed E-state index contributed by atoms with van der Waals surface area (Å²) >= 11 is 0. The van der Waals surface area contributed by atoms with Crippen LogP contribution in [0.25, 0.3) is 11.2 Å². The molecule has 2 N–H and O–H groups in total. The second-order valence-electron chi connectivity index (χ2n) is 11.4. The summed E-state index contributed by atoms with van der Waals surface area (Å²) in [5, 5.41) is 5.64. The topological polar surface area (TPSA) is 111 Å². The van der Waals surface area contributed by atoms with Gasteiger partial charge in [-0.15, -0.1) is 0 Å². The molecule has 0 radical (unpaired) electrons. The lowest BCUT2D eigenvalue weighted by atomic mass is 9.98. The lowest BCUT2D eigenvalue weighted by molar-refractivity contribution is 0.0168. The highest BCUT2D eigenvalue weighted by atomic mass is 28.3. The second-order valence-corrected chi connectivity index (χ2v) is 17.0. The van der Waals surface area contributed by atoms with Crippen LogP contribution in [-0.2, 0) is 16.2 Å². The summed E-state index contributed by atoms with van der Waals surface area (Å²) in [7, 11) is -1.12. The highest BCUT2D eigenvalue weighted by Crippen LogP contribution is 2.19. The molecule has 2 aromatic heterocycles. The van der Waals surface area contributed by atoms with Crippen molar-refractivity contribution in [1.29, 1.82) is 0 Å². The maximum Gasteiger partial charge on any atom is 0.410 e. The van der Waals surface area contributed by atoms with E-state index in [9.17, 15) is 9.59 Å². The molecule has 35 heavy (non-hydrogen) atoms. The van der Waals surface area contributed by atoms with Gasteiger partial charge in [0.25, 0.3) is 0 Å². The number of nitrogens with one attached hydrogen (secondary N) is 2. The van der Waals surface area contributed by atoms with E-state index in [1.165, 1.54) is 0 Å². The fourth-order valence-corrected chi connectivity index (χ4v) is 4.55. The zero-order valence-electron chi connectivity index (χ0n) is 21.9. The summed E-state index contributed by atoms with van der Waals surface area (Å²) in [5.41, 5.74) is 0.886. The molecule has 0 saturated carbocycles. The Labute approximate surface area is 208 Å². The van der Waals surface area contributed by atoms with Gasteiger partial charge < -0.3 is 24.3 Å². The Kier molecular flexibility index (Phi) is 8.76. The monoisotopic (exact) mass is 504 g/mol. The van der Waals surface area contributed by atoms with Crippen LogP contribution in [0.1, 0.15) is 33.6 Å². The number of likely N-dealkylation sites (tertiary alicyclic amines) is 1. The number of hydrogen-bond acceptors (Lipinski definition) is 6. The number of carbonyl (C=O) groups excluding carboxylic acids is 2. The van der Waals surface area contributed by atoms with Gasteiger partial charge in [0.2, 0.25) is 0 Å². The van der Waals surface area contributed by atoms with Gasteiger partial charge in [0.05, 0.1) is 6.20 Å². The highest BCUT2D eigenvalue weighted by molar-refractivity contribution is 6.76. The highest BCUT2D eigenvalue weighted by Gasteiger charge is 2.27. The molecule has 10 nitrogen and oxygen atoms in total. The van der Waals surface area contributed by atoms with Crippen LogP contribution in [0.2, 0.25) is 25.7 Å². The van der Waals surface area contributed by atoms with Gasteiger partial charge in [-0.05, 0) is 51.6 Å². The molecule has 3 heterocycles. The molecule has 0 aromatic carbocycles. The van der Waals surface area contributed by atoms with Crippen molar-refractivity contribution in [3.63, 3.8) is 0 Å². The summed E-state index contributed by atoms with van der Waals surface area (Å²) in [6, 6.07) is 2.63. The van der Waals surface area contributed by atoms with Crippen molar-refractivity contribution >= 4 is 37.2 Å². The number of anilines is 1. The van der Waals surface area contributed by atoms with Gasteiger partial charge in [-0.1, -0.05) is 19.6 Å². The van der Waals surface area contributed by atoms with Gasteiger partial charge in [0.1, 0.15) is 17.8 Å². The van der Waals surface area contributed by atoms with Crippen molar-refractivity contribution in [2.45, 2.75) is 71.6 Å². The Bertz CT molecular complexity index is 1010. The molecule has 1 aliphatic heterocycles. The molecule has 0 aliphatic carbocycles. The van der Waals surface area contributed by atoms with E-state index in [4.69, 9.17) is 9.47 Å². The van der Waals surface area contributed by atoms with E-state index in [1.807, 2.05) is 37.6 Å². The Balaban J connectivity index is 1.46. The van der Waals surface area contributed by atoms with E-state index in [0.717, 1.165) is 25.5 Å². The van der Waals surface area contributed by atoms with E-state index in [2.05, 4.69) is 40.2 Å². The molecule has 1 unspecified atom stereocenters. The van der Waals surface area contributed by atoms with Crippen LogP contribution in [0, 0.1) is 5.92 Å². The molecule has 11 heteroatoms. The Morgan fingerprint density at radius 2 is 2.03 bits per heavy atom. The van der Waals surface area contributed by atoms with Crippen molar-refractivity contribution in [2.75, 3.05) is 31.6 Å². The average molecular weight is 505 g/mol. The standard InChI is InChI=1S/C24H40N6O4Si/c1-24(2,3)34-23(32)29-10-7-8-18(16-29)14-26-22(31)28-20-15-25-21-19(27-20)9-11-30(21)17-33-12-13-35(4,5)6/h9,11,15,18H,7-8,10,12-14,16-17H2,1-6H3,(H2,26,27,28,31). The largest absolute Gasteiger partial charge is 0.444 e. The smallest absolute Gasteiger partial charge is 0.410 e. The molecule has 3 rings (SSSR count). The number of nitrogens with zero attached hydrogens (tertiary/aromatic N) is 4. The quantitative estimate of drug-likeness (QED) is 0.404. The fraction of sp³-hybridized carbons (Fsp3) is 0.667. The van der Waals surface area contributed by atoms with Gasteiger partial charge in [0.15, 0.2) is 11.5 Å². The molecule has 0 bridgehead atoms. The Hall–Kier alpha value is -2.66. The van der Waals surface area contributed by atoms with Crippen LogP contribution in [0.3, 0.4) is 0 Å². The zero-order chi connectivity index (χ0) is 25.6. The molecule has 1 atom stereocenters. The third kappa shape index (κ3) is 8.81. The maximum atomic E-state index is 12.4. The first-order valence-electron chi connectivity index (χ1n) is 12.3. The number of ether oxygens (including phenoxy) is 2. The molecule has 2 aromatic rings. The molecular weight excluding hydrogens is 464 g/mol.